The largest absolute Gasteiger partial charge is 0.494 e. The molecule has 100 valence electrons. The van der Waals surface area contributed by atoms with E-state index in [9.17, 15) is 0 Å². The quantitative estimate of drug-likeness (QED) is 0.698. The molecule has 1 saturated carbocycles. The van der Waals surface area contributed by atoms with E-state index in [0.29, 0.717) is 12.5 Å². The van der Waals surface area contributed by atoms with Crippen molar-refractivity contribution < 1.29 is 6.11 Å². The number of benzene rings is 1. The normalized spacial score (nSPS) is 28.8. The predicted molar refractivity (Wildman–Crippen MR) is 77.2 cm³/mol. The molecule has 1 heteroatoms. The second-order valence-corrected chi connectivity index (χ2v) is 5.31. The summed E-state index contributed by atoms with van der Waals surface area (Å²) in [5.74, 6) is 2.14. The number of ether oxygens (including phenoxy) is 1. The van der Waals surface area contributed by atoms with Crippen LogP contribution in [-0.2, 0) is 0 Å². The molecule has 0 N–H and O–H groups in total. The molecule has 0 saturated heterocycles. The van der Waals surface area contributed by atoms with Gasteiger partial charge in [0.25, 0.3) is 0 Å². The molecule has 18 heavy (non-hydrogen) atoms. The lowest BCUT2D eigenvalue weighted by atomic mass is 9.77. The average molecular weight is 247 g/mol. The molecule has 0 bridgehead atoms. The molecular weight excluding hydrogens is 220 g/mol. The smallest absolute Gasteiger partial charge is 0.119 e. The zero-order valence-corrected chi connectivity index (χ0v) is 11.7. The Morgan fingerprint density at radius 3 is 2.56 bits per heavy atom. The van der Waals surface area contributed by atoms with Crippen molar-refractivity contribution in [1.29, 1.82) is 0 Å². The fourth-order valence-corrected chi connectivity index (χ4v) is 2.96. The zero-order chi connectivity index (χ0) is 13.7. The van der Waals surface area contributed by atoms with E-state index in [1.54, 1.807) is 0 Å². The Balaban J connectivity index is 1.98. The van der Waals surface area contributed by atoms with Gasteiger partial charge in [0.1, 0.15) is 5.75 Å². The van der Waals surface area contributed by atoms with Crippen molar-refractivity contribution in [3.8, 4) is 5.75 Å². The first-order valence-electron chi connectivity index (χ1n) is 7.97. The maximum Gasteiger partial charge on any atom is 0.119 e. The van der Waals surface area contributed by atoms with Crippen molar-refractivity contribution in [2.75, 3.05) is 6.61 Å². The van der Waals surface area contributed by atoms with Crippen molar-refractivity contribution >= 4 is 0 Å². The third kappa shape index (κ3) is 3.51. The fraction of sp³-hybridized carbons (Fsp3) is 0.647. The fourth-order valence-electron chi connectivity index (χ4n) is 2.96. The van der Waals surface area contributed by atoms with Crippen LogP contribution in [0.1, 0.15) is 65.2 Å². The van der Waals surface area contributed by atoms with E-state index in [0.717, 1.165) is 18.1 Å². The van der Waals surface area contributed by atoms with Crippen LogP contribution in [0.2, 0.25) is 0 Å². The first-order chi connectivity index (χ1) is 9.24. The Labute approximate surface area is 113 Å². The second kappa shape index (κ2) is 6.82. The molecule has 0 heterocycles. The molecule has 0 spiro atoms. The van der Waals surface area contributed by atoms with Gasteiger partial charge in [-0.1, -0.05) is 31.9 Å². The minimum Gasteiger partial charge on any atom is -0.494 e. The molecule has 1 aliphatic rings. The molecule has 1 unspecified atom stereocenters. The van der Waals surface area contributed by atoms with E-state index in [4.69, 9.17) is 6.11 Å². The maximum absolute atomic E-state index is 8.38. The highest BCUT2D eigenvalue weighted by molar-refractivity contribution is 5.29. The van der Waals surface area contributed by atoms with Crippen LogP contribution in [0.3, 0.4) is 0 Å². The number of hydrogen-bond donors (Lipinski definition) is 0. The molecule has 2 rings (SSSR count). The molecule has 1 aromatic rings. The summed E-state index contributed by atoms with van der Waals surface area (Å²) in [7, 11) is 0. The maximum atomic E-state index is 8.38. The number of hydrogen-bond acceptors (Lipinski definition) is 1. The third-order valence-corrected chi connectivity index (χ3v) is 3.96. The Bertz CT molecular complexity index is 373. The van der Waals surface area contributed by atoms with Crippen molar-refractivity contribution in [1.82, 2.24) is 0 Å². The molecule has 1 nitrogen and oxygen atoms in total. The van der Waals surface area contributed by atoms with Gasteiger partial charge in [0.05, 0.1) is 6.61 Å². The van der Waals surface area contributed by atoms with Crippen LogP contribution in [-0.4, -0.2) is 6.61 Å². The van der Waals surface area contributed by atoms with Crippen LogP contribution in [0.5, 0.6) is 5.75 Å². The van der Waals surface area contributed by atoms with Gasteiger partial charge < -0.3 is 4.74 Å². The molecule has 3 atom stereocenters. The molecular formula is C17H26O. The number of rotatable bonds is 5. The van der Waals surface area contributed by atoms with Crippen molar-refractivity contribution in [2.45, 2.75) is 58.3 Å². The molecule has 1 aliphatic carbocycles. The summed E-state index contributed by atoms with van der Waals surface area (Å²) in [6.45, 7) is 4.96. The highest BCUT2D eigenvalue weighted by atomic mass is 16.5. The SMILES string of the molecule is [2H][C@@H]1C[C@@H](CCC)CCC1c1ccc(OCC)cc1. The van der Waals surface area contributed by atoms with Crippen LogP contribution in [0.4, 0.5) is 0 Å². The highest BCUT2D eigenvalue weighted by Crippen LogP contribution is 2.37. The first-order valence-corrected chi connectivity index (χ1v) is 7.39. The van der Waals surface area contributed by atoms with E-state index >= 15 is 0 Å². The van der Waals surface area contributed by atoms with E-state index in [2.05, 4.69) is 19.1 Å². The van der Waals surface area contributed by atoms with Gasteiger partial charge >= 0.3 is 0 Å². The summed E-state index contributed by atoms with van der Waals surface area (Å²) in [5, 5.41) is 0. The Morgan fingerprint density at radius 2 is 1.94 bits per heavy atom. The van der Waals surface area contributed by atoms with Gasteiger partial charge in [-0.2, -0.15) is 0 Å². The van der Waals surface area contributed by atoms with Crippen molar-refractivity contribution in [3.63, 3.8) is 0 Å². The summed E-state index contributed by atoms with van der Waals surface area (Å²) in [6, 6.07) is 8.39. The van der Waals surface area contributed by atoms with Gasteiger partial charge in [-0.05, 0) is 62.1 Å². The summed E-state index contributed by atoms with van der Waals surface area (Å²) in [4.78, 5) is 0. The molecule has 1 aromatic carbocycles. The third-order valence-electron chi connectivity index (χ3n) is 3.96. The van der Waals surface area contributed by atoms with Crippen LogP contribution in [0.25, 0.3) is 0 Å². The van der Waals surface area contributed by atoms with E-state index in [1.807, 2.05) is 19.1 Å². The van der Waals surface area contributed by atoms with Gasteiger partial charge in [0, 0.05) is 1.37 Å². The molecule has 0 aromatic heterocycles. The average Bonchev–Trinajstić information content (AvgIpc) is 2.41. The highest BCUT2D eigenvalue weighted by Gasteiger charge is 2.21. The predicted octanol–water partition coefficient (Wildman–Crippen LogP) is 5.16. The second-order valence-electron chi connectivity index (χ2n) is 5.31. The molecule has 0 amide bonds. The van der Waals surface area contributed by atoms with Gasteiger partial charge in [-0.25, -0.2) is 0 Å². The summed E-state index contributed by atoms with van der Waals surface area (Å²) in [6.07, 6.45) is 6.17. The van der Waals surface area contributed by atoms with Gasteiger partial charge in [0.15, 0.2) is 0 Å². The standard InChI is InChI=1S/C17H26O/c1-3-5-14-6-8-15(9-7-14)16-10-12-17(13-11-16)18-4-2/h10-15H,3-9H2,1-2H3/t14-,15?/i8D/t8-,14-,15?/m1/s1. The topological polar surface area (TPSA) is 9.23 Å². The summed E-state index contributed by atoms with van der Waals surface area (Å²) >= 11 is 0. The lowest BCUT2D eigenvalue weighted by molar-refractivity contribution is 0.308. The van der Waals surface area contributed by atoms with Gasteiger partial charge in [-0.15, -0.1) is 0 Å². The van der Waals surface area contributed by atoms with Crippen LogP contribution in [0, 0.1) is 5.92 Å². The molecule has 0 aliphatic heterocycles. The van der Waals surface area contributed by atoms with Gasteiger partial charge in [-0.3, -0.25) is 0 Å². The summed E-state index contributed by atoms with van der Waals surface area (Å²) in [5.41, 5.74) is 1.32. The molecule has 1 fully saturated rings. The lowest BCUT2D eigenvalue weighted by Gasteiger charge is -2.28. The Kier molecular flexibility index (Phi) is 4.57. The van der Waals surface area contributed by atoms with Crippen molar-refractivity contribution in [3.05, 3.63) is 29.8 Å². The minimum absolute atomic E-state index is 0.0724. The summed E-state index contributed by atoms with van der Waals surface area (Å²) < 4.78 is 13.9. The minimum atomic E-state index is 0.0724. The van der Waals surface area contributed by atoms with E-state index in [1.165, 1.54) is 31.2 Å². The van der Waals surface area contributed by atoms with Crippen LogP contribution >= 0.6 is 0 Å². The van der Waals surface area contributed by atoms with Gasteiger partial charge in [0.2, 0.25) is 0 Å². The van der Waals surface area contributed by atoms with Crippen LogP contribution < -0.4 is 4.74 Å². The Morgan fingerprint density at radius 1 is 1.17 bits per heavy atom. The van der Waals surface area contributed by atoms with E-state index < -0.39 is 0 Å². The van der Waals surface area contributed by atoms with Crippen LogP contribution in [0.15, 0.2) is 24.3 Å². The van der Waals surface area contributed by atoms with Crippen molar-refractivity contribution in [2.24, 2.45) is 5.92 Å². The zero-order valence-electron chi connectivity index (χ0n) is 12.7. The van der Waals surface area contributed by atoms with E-state index in [-0.39, 0.29) is 6.40 Å². The molecule has 0 radical (unpaired) electrons. The Hall–Kier alpha value is -0.980. The first kappa shape index (κ1) is 12.1. The monoisotopic (exact) mass is 247 g/mol. The lowest BCUT2D eigenvalue weighted by Crippen LogP contribution is -2.13.